The predicted molar refractivity (Wildman–Crippen MR) is 88.2 cm³/mol. The first-order valence-corrected chi connectivity index (χ1v) is 8.82. The summed E-state index contributed by atoms with van der Waals surface area (Å²) in [5.74, 6) is 2.16. The van der Waals surface area contributed by atoms with Gasteiger partial charge in [-0.1, -0.05) is 18.2 Å². The van der Waals surface area contributed by atoms with Crippen LogP contribution in [0.5, 0.6) is 5.75 Å². The zero-order valence-electron chi connectivity index (χ0n) is 13.1. The highest BCUT2D eigenvalue weighted by molar-refractivity contribution is 7.90. The molecule has 0 unspecified atom stereocenters. The van der Waals surface area contributed by atoms with Crippen molar-refractivity contribution >= 4 is 21.4 Å². The Morgan fingerprint density at radius 1 is 1.29 bits per heavy atom. The second kappa shape index (κ2) is 7.55. The van der Waals surface area contributed by atoms with Gasteiger partial charge in [-0.15, -0.1) is 4.57 Å². The van der Waals surface area contributed by atoms with E-state index < -0.39 is 9.84 Å². The van der Waals surface area contributed by atoms with Crippen molar-refractivity contribution in [3.05, 3.63) is 54.4 Å². The van der Waals surface area contributed by atoms with Crippen molar-refractivity contribution in [3.8, 4) is 11.8 Å². The summed E-state index contributed by atoms with van der Waals surface area (Å²) in [6.07, 6.45) is 3.00. The average molecular weight is 342 g/mol. The first kappa shape index (κ1) is 17.4. The van der Waals surface area contributed by atoms with Crippen LogP contribution in [0.2, 0.25) is 0 Å². The zero-order valence-corrected chi connectivity index (χ0v) is 13.9. The van der Waals surface area contributed by atoms with Gasteiger partial charge in [0.25, 0.3) is 0 Å². The molecule has 122 valence electrons. The van der Waals surface area contributed by atoms with Crippen LogP contribution < -0.4 is 9.30 Å². The number of pyridine rings is 1. The van der Waals surface area contributed by atoms with Crippen LogP contribution in [-0.4, -0.2) is 20.9 Å². The maximum Gasteiger partial charge on any atom is 0.351 e. The van der Waals surface area contributed by atoms with Gasteiger partial charge < -0.3 is 4.74 Å². The van der Waals surface area contributed by atoms with Crippen LogP contribution in [0.4, 0.5) is 0 Å². The van der Waals surface area contributed by atoms with E-state index in [0.717, 1.165) is 0 Å². The Labute approximate surface area is 140 Å². The van der Waals surface area contributed by atoms with Crippen molar-refractivity contribution < 1.29 is 17.7 Å². The Hall–Kier alpha value is -2.94. The molecule has 1 aromatic carbocycles. The summed E-state index contributed by atoms with van der Waals surface area (Å²) in [6, 6.07) is 11.6. The van der Waals surface area contributed by atoms with Gasteiger partial charge in [-0.3, -0.25) is 5.41 Å². The molecule has 0 saturated heterocycles. The fourth-order valence-corrected chi connectivity index (χ4v) is 3.50. The number of aromatic nitrogens is 1. The van der Waals surface area contributed by atoms with Crippen LogP contribution in [0, 0.1) is 16.7 Å². The topological polar surface area (TPSA) is 94.9 Å². The minimum Gasteiger partial charge on any atom is -0.487 e. The van der Waals surface area contributed by atoms with Gasteiger partial charge in [0.05, 0.1) is 23.1 Å². The van der Waals surface area contributed by atoms with Crippen LogP contribution >= 0.6 is 0 Å². The molecule has 0 aliphatic rings. The molecule has 1 N–H and O–H groups in total. The lowest BCUT2D eigenvalue weighted by Gasteiger charge is -2.09. The van der Waals surface area contributed by atoms with Crippen molar-refractivity contribution in [1.82, 2.24) is 0 Å². The number of nitrogens with zero attached hydrogens (tertiary/aromatic N) is 2. The average Bonchev–Trinajstić information content (AvgIpc) is 2.59. The monoisotopic (exact) mass is 342 g/mol. The van der Waals surface area contributed by atoms with E-state index in [0.29, 0.717) is 17.9 Å². The fourth-order valence-electron chi connectivity index (χ4n) is 2.11. The number of nitrogens with one attached hydrogen (secondary N) is 1. The molecule has 1 aromatic heterocycles. The molecule has 0 aliphatic carbocycles. The lowest BCUT2D eigenvalue weighted by atomic mass is 10.2. The third-order valence-corrected chi connectivity index (χ3v) is 4.92. The SMILES string of the molecule is CCOc1c[n+](C(=C=N)C#N)ccc1CS(=O)(=O)c1ccccc1. The van der Waals surface area contributed by atoms with E-state index in [1.807, 2.05) is 11.9 Å². The smallest absolute Gasteiger partial charge is 0.351 e. The molecule has 7 heteroatoms. The second-order valence-corrected chi connectivity index (χ2v) is 6.82. The number of nitriles is 1. The lowest BCUT2D eigenvalue weighted by Crippen LogP contribution is -2.31. The second-order valence-electron chi connectivity index (χ2n) is 4.83. The molecule has 0 amide bonds. The van der Waals surface area contributed by atoms with Gasteiger partial charge in [-0.05, 0) is 19.1 Å². The highest BCUT2D eigenvalue weighted by atomic mass is 32.2. The standard InChI is InChI=1S/C17H16N3O3S/c1-2-23-17-12-20(15(10-18)11-19)9-8-14(17)13-24(21,22)16-6-4-3-5-7-16/h3-9,12,18H,2,13H2,1H3/q+1. The van der Waals surface area contributed by atoms with E-state index in [9.17, 15) is 8.42 Å². The van der Waals surface area contributed by atoms with E-state index >= 15 is 0 Å². The predicted octanol–water partition coefficient (Wildman–Crippen LogP) is 1.96. The number of sulfone groups is 1. The van der Waals surface area contributed by atoms with Crippen molar-refractivity contribution in [1.29, 1.82) is 10.7 Å². The number of rotatable bonds is 6. The molecular formula is C17H16N3O3S+. The van der Waals surface area contributed by atoms with Crippen molar-refractivity contribution in [2.75, 3.05) is 6.61 Å². The molecule has 2 rings (SSSR count). The minimum atomic E-state index is -3.51. The summed E-state index contributed by atoms with van der Waals surface area (Å²) in [6.45, 7) is 2.13. The van der Waals surface area contributed by atoms with E-state index in [1.54, 1.807) is 43.3 Å². The number of allylic oxidation sites excluding steroid dienone is 1. The van der Waals surface area contributed by atoms with Crippen LogP contribution in [0.3, 0.4) is 0 Å². The van der Waals surface area contributed by atoms with E-state index in [1.165, 1.54) is 17.0 Å². The largest absolute Gasteiger partial charge is 0.487 e. The number of hydrogen-bond donors (Lipinski definition) is 1. The summed E-state index contributed by atoms with van der Waals surface area (Å²) in [5.41, 5.74) is 0.465. The van der Waals surface area contributed by atoms with Crippen molar-refractivity contribution in [3.63, 3.8) is 0 Å². The Morgan fingerprint density at radius 3 is 2.58 bits per heavy atom. The molecule has 6 nitrogen and oxygen atoms in total. The number of ether oxygens (including phenoxy) is 1. The van der Waals surface area contributed by atoms with Gasteiger partial charge in [0, 0.05) is 11.6 Å². The van der Waals surface area contributed by atoms with Crippen molar-refractivity contribution in [2.45, 2.75) is 17.6 Å². The molecule has 0 radical (unpaired) electrons. The summed E-state index contributed by atoms with van der Waals surface area (Å²) in [4.78, 5) is 0.237. The summed E-state index contributed by atoms with van der Waals surface area (Å²) < 4.78 is 31.9. The molecular weight excluding hydrogens is 326 g/mol. The maximum absolute atomic E-state index is 12.5. The van der Waals surface area contributed by atoms with Gasteiger partial charge in [0.2, 0.25) is 6.20 Å². The highest BCUT2D eigenvalue weighted by Crippen LogP contribution is 2.23. The van der Waals surface area contributed by atoms with Gasteiger partial charge in [-0.2, -0.15) is 5.26 Å². The number of hydrogen-bond acceptors (Lipinski definition) is 5. The van der Waals surface area contributed by atoms with E-state index in [2.05, 4.69) is 0 Å². The first-order valence-electron chi connectivity index (χ1n) is 7.16. The summed E-state index contributed by atoms with van der Waals surface area (Å²) in [5, 5.41) is 16.1. The Morgan fingerprint density at radius 2 is 2.00 bits per heavy atom. The Bertz CT molecular complexity index is 925. The molecule has 0 bridgehead atoms. The quantitative estimate of drug-likeness (QED) is 0.493. The molecule has 1 heterocycles. The van der Waals surface area contributed by atoms with Gasteiger partial charge in [0.1, 0.15) is 0 Å². The third kappa shape index (κ3) is 3.87. The van der Waals surface area contributed by atoms with Crippen LogP contribution in [0.15, 0.2) is 53.7 Å². The molecule has 0 spiro atoms. The normalized spacial score (nSPS) is 10.5. The lowest BCUT2D eigenvalue weighted by molar-refractivity contribution is -0.576. The van der Waals surface area contributed by atoms with Crippen LogP contribution in [0.25, 0.3) is 5.70 Å². The molecule has 0 saturated carbocycles. The van der Waals surface area contributed by atoms with Gasteiger partial charge in [-0.25, -0.2) is 8.42 Å². The molecule has 0 aliphatic heterocycles. The molecule has 0 fully saturated rings. The molecule has 24 heavy (non-hydrogen) atoms. The highest BCUT2D eigenvalue weighted by Gasteiger charge is 2.21. The first-order chi connectivity index (χ1) is 11.5. The minimum absolute atomic E-state index is 0.0200. The summed E-state index contributed by atoms with van der Waals surface area (Å²) >= 11 is 0. The van der Waals surface area contributed by atoms with Crippen molar-refractivity contribution in [2.24, 2.45) is 0 Å². The van der Waals surface area contributed by atoms with Crippen LogP contribution in [-0.2, 0) is 15.6 Å². The van der Waals surface area contributed by atoms with Gasteiger partial charge in [0.15, 0.2) is 27.9 Å². The van der Waals surface area contributed by atoms with E-state index in [-0.39, 0.29) is 16.3 Å². The van der Waals surface area contributed by atoms with Crippen LogP contribution in [0.1, 0.15) is 12.5 Å². The van der Waals surface area contributed by atoms with E-state index in [4.69, 9.17) is 15.4 Å². The fraction of sp³-hybridized carbons (Fsp3) is 0.176. The molecule has 0 atom stereocenters. The van der Waals surface area contributed by atoms with Gasteiger partial charge >= 0.3 is 5.70 Å². The summed E-state index contributed by atoms with van der Waals surface area (Å²) in [7, 11) is -3.51. The molecule has 2 aromatic rings. The Balaban J connectivity index is 2.44. The maximum atomic E-state index is 12.5. The third-order valence-electron chi connectivity index (χ3n) is 3.24. The zero-order chi connectivity index (χ0) is 17.6. The number of benzene rings is 1. The Kier molecular flexibility index (Phi) is 5.48.